The molecule has 4 aromatic carbocycles. The number of unbranched alkanes of at least 4 members (excludes halogenated alkanes) is 2. The second-order valence-corrected chi connectivity index (χ2v) is 11.6. The zero-order chi connectivity index (χ0) is 35.2. The van der Waals surface area contributed by atoms with E-state index < -0.39 is 38.7 Å². The molecule has 0 aliphatic carbocycles. The number of ether oxygens (including phenoxy) is 4. The summed E-state index contributed by atoms with van der Waals surface area (Å²) in [4.78, 5) is 23.8. The Morgan fingerprint density at radius 2 is 1.12 bits per heavy atom. The number of esters is 2. The van der Waals surface area contributed by atoms with Gasteiger partial charge < -0.3 is 29.2 Å². The molecule has 0 radical (unpaired) electrons. The van der Waals surface area contributed by atoms with E-state index in [1.165, 1.54) is 36.0 Å². The van der Waals surface area contributed by atoms with Crippen LogP contribution in [0.3, 0.4) is 0 Å². The molecule has 0 unspecified atom stereocenters. The number of benzene rings is 4. The minimum Gasteiger partial charge on any atom is -0.457 e. The maximum atomic E-state index is 11.9. The number of aryl methyl sites for hydroxylation is 2. The van der Waals surface area contributed by atoms with Crippen LogP contribution in [0.5, 0.6) is 11.5 Å². The Morgan fingerprint density at radius 1 is 0.612 bits per heavy atom. The Bertz CT molecular complexity index is 1690. The molecule has 2 N–H and O–H groups in total. The van der Waals surface area contributed by atoms with E-state index in [1.54, 1.807) is 18.2 Å². The lowest BCUT2D eigenvalue weighted by Crippen LogP contribution is -2.14. The molecule has 0 saturated heterocycles. The highest BCUT2D eigenvalue weighted by Gasteiger charge is 2.13. The first kappa shape index (κ1) is 36.7. The fourth-order valence-corrected chi connectivity index (χ4v) is 5.17. The van der Waals surface area contributed by atoms with Crippen LogP contribution in [-0.4, -0.2) is 49.0 Å². The van der Waals surface area contributed by atoms with E-state index in [2.05, 4.69) is 87.7 Å². The first-order valence-corrected chi connectivity index (χ1v) is 16.4. The van der Waals surface area contributed by atoms with Gasteiger partial charge in [0.2, 0.25) is 13.6 Å². The Labute approximate surface area is 288 Å². The minimum absolute atomic E-state index is 0.0960. The largest absolute Gasteiger partial charge is 0.457 e. The van der Waals surface area contributed by atoms with Gasteiger partial charge in [0.05, 0.1) is 24.4 Å². The number of hydrogen-bond acceptors (Lipinski definition) is 8. The summed E-state index contributed by atoms with van der Waals surface area (Å²) >= 11 is 0. The van der Waals surface area contributed by atoms with Gasteiger partial charge >= 0.3 is 11.9 Å². The summed E-state index contributed by atoms with van der Waals surface area (Å²) in [5.74, 6) is -0.906. The van der Waals surface area contributed by atoms with Crippen molar-refractivity contribution >= 4 is 11.9 Å². The zero-order valence-electron chi connectivity index (χ0n) is 28.2. The van der Waals surface area contributed by atoms with E-state index in [1.807, 2.05) is 6.07 Å². The van der Waals surface area contributed by atoms with Gasteiger partial charge in [-0.3, -0.25) is 0 Å². The van der Waals surface area contributed by atoms with Gasteiger partial charge in [0.1, 0.15) is 11.5 Å². The summed E-state index contributed by atoms with van der Waals surface area (Å²) in [5, 5.41) is 18.2. The highest BCUT2D eigenvalue weighted by atomic mass is 16.7. The van der Waals surface area contributed by atoms with Crippen molar-refractivity contribution in [1.29, 1.82) is 0 Å². The highest BCUT2D eigenvalue weighted by molar-refractivity contribution is 5.88. The second-order valence-electron chi connectivity index (χ2n) is 11.6. The molecule has 0 atom stereocenters. The Balaban J connectivity index is 1.55. The molecule has 0 fully saturated rings. The lowest BCUT2D eigenvalue weighted by molar-refractivity contribution is -0.146. The molecule has 0 saturated carbocycles. The molecule has 4 aromatic rings. The van der Waals surface area contributed by atoms with E-state index in [0.717, 1.165) is 40.7 Å². The summed E-state index contributed by atoms with van der Waals surface area (Å²) in [5.41, 5.74) is 8.56. The van der Waals surface area contributed by atoms with Crippen molar-refractivity contribution in [3.63, 3.8) is 0 Å². The average molecular weight is 665 g/mol. The lowest BCUT2D eigenvalue weighted by Gasteiger charge is -2.15. The summed E-state index contributed by atoms with van der Waals surface area (Å²) in [6.07, 6.45) is 5.60. The molecule has 8 nitrogen and oxygen atoms in total. The molecule has 0 aliphatic rings. The first-order chi connectivity index (χ1) is 23.8. The number of carbonyl (C=O) groups excluding carboxylic acids is 2. The fraction of sp³-hybridized carbons (Fsp3) is 0.268. The maximum Gasteiger partial charge on any atom is 0.338 e. The molecule has 0 aliphatic heterocycles. The number of rotatable bonds is 18. The molecule has 4 rings (SSSR count). The number of hydrogen-bond donors (Lipinski definition) is 2. The monoisotopic (exact) mass is 664 g/mol. The smallest absolute Gasteiger partial charge is 0.338 e. The highest BCUT2D eigenvalue weighted by Crippen LogP contribution is 2.34. The molecular formula is C41H44O8. The van der Waals surface area contributed by atoms with Crippen LogP contribution < -0.4 is 9.47 Å². The molecule has 8 heteroatoms. The number of aliphatic hydroxyl groups is 2. The quantitative estimate of drug-likeness (QED) is 0.0479. The average Bonchev–Trinajstić information content (AvgIpc) is 3.14. The van der Waals surface area contributed by atoms with Gasteiger partial charge in [-0.1, -0.05) is 107 Å². The van der Waals surface area contributed by atoms with Gasteiger partial charge in [0, 0.05) is 6.07 Å². The van der Waals surface area contributed by atoms with E-state index >= 15 is 0 Å². The molecule has 0 bridgehead atoms. The van der Waals surface area contributed by atoms with Crippen molar-refractivity contribution in [2.45, 2.75) is 46.0 Å². The van der Waals surface area contributed by atoms with Gasteiger partial charge in [-0.05, 0) is 75.9 Å². The van der Waals surface area contributed by atoms with Crippen molar-refractivity contribution in [3.05, 3.63) is 120 Å². The second kappa shape index (κ2) is 18.4. The minimum atomic E-state index is -0.780. The zero-order valence-corrected chi connectivity index (χ0v) is 28.2. The maximum absolute atomic E-state index is 11.9. The Kier molecular flexibility index (Phi) is 13.8. The van der Waals surface area contributed by atoms with Crippen LogP contribution in [0.4, 0.5) is 0 Å². The van der Waals surface area contributed by atoms with Crippen LogP contribution in [-0.2, 0) is 31.9 Å². The molecule has 0 aromatic heterocycles. The molecule has 0 heterocycles. The van der Waals surface area contributed by atoms with E-state index in [4.69, 9.17) is 29.2 Å². The molecule has 0 spiro atoms. The third-order valence-corrected chi connectivity index (χ3v) is 8.04. The predicted octanol–water partition coefficient (Wildman–Crippen LogP) is 7.84. The lowest BCUT2D eigenvalue weighted by atomic mass is 9.92. The number of carbonyl (C=O) groups is 2. The summed E-state index contributed by atoms with van der Waals surface area (Å²) in [7, 11) is 0. The Morgan fingerprint density at radius 3 is 1.63 bits per heavy atom. The number of aliphatic hydroxyl groups excluding tert-OH is 2. The first-order valence-electron chi connectivity index (χ1n) is 16.4. The Hall–Kier alpha value is -5.18. The van der Waals surface area contributed by atoms with Gasteiger partial charge in [0.15, 0.2) is 0 Å². The van der Waals surface area contributed by atoms with Crippen molar-refractivity contribution in [3.8, 4) is 44.9 Å². The third-order valence-electron chi connectivity index (χ3n) is 8.04. The standard InChI is InChI=1S/C41H44O8/c1-5-7-8-9-30-10-12-32(13-11-30)33-14-16-34(17-15-33)39-19-18-35(20-31(39)6-2)36-21-37(46-26-48-40(44)28(3)24-42)23-38(22-36)47-27-49-41(45)29(4)25-43/h10-23,42-43H,3-9,24-27H2,1-2H3. The molecule has 256 valence electrons. The molecule has 49 heavy (non-hydrogen) atoms. The summed E-state index contributed by atoms with van der Waals surface area (Å²) in [6.45, 7) is 9.32. The third kappa shape index (κ3) is 10.4. The van der Waals surface area contributed by atoms with E-state index in [-0.39, 0.29) is 11.1 Å². The van der Waals surface area contributed by atoms with Crippen molar-refractivity contribution < 1.29 is 38.7 Å². The van der Waals surface area contributed by atoms with Crippen molar-refractivity contribution in [1.82, 2.24) is 0 Å². The van der Waals surface area contributed by atoms with Crippen LogP contribution in [0, 0.1) is 0 Å². The topological polar surface area (TPSA) is 112 Å². The SMILES string of the molecule is C=C(CO)C(=O)OCOc1cc(OCOC(=O)C(=C)CO)cc(-c2ccc(-c3ccc(-c4ccc(CCCCC)cc4)cc3)c(CC)c2)c1. The van der Waals surface area contributed by atoms with Gasteiger partial charge in [-0.25, -0.2) is 9.59 Å². The van der Waals surface area contributed by atoms with Crippen LogP contribution in [0.2, 0.25) is 0 Å². The molecular weight excluding hydrogens is 620 g/mol. The fourth-order valence-electron chi connectivity index (χ4n) is 5.17. The van der Waals surface area contributed by atoms with Gasteiger partial charge in [-0.15, -0.1) is 0 Å². The van der Waals surface area contributed by atoms with Crippen molar-refractivity contribution in [2.24, 2.45) is 0 Å². The van der Waals surface area contributed by atoms with Crippen LogP contribution >= 0.6 is 0 Å². The van der Waals surface area contributed by atoms with Crippen molar-refractivity contribution in [2.75, 3.05) is 26.8 Å². The summed E-state index contributed by atoms with van der Waals surface area (Å²) in [6, 6.07) is 28.8. The van der Waals surface area contributed by atoms with E-state index in [9.17, 15) is 9.59 Å². The van der Waals surface area contributed by atoms with Gasteiger partial charge in [0.25, 0.3) is 0 Å². The molecule has 0 amide bonds. The van der Waals surface area contributed by atoms with Crippen LogP contribution in [0.1, 0.15) is 44.2 Å². The van der Waals surface area contributed by atoms with Gasteiger partial charge in [-0.2, -0.15) is 0 Å². The summed E-state index contributed by atoms with van der Waals surface area (Å²) < 4.78 is 21.4. The van der Waals surface area contributed by atoms with Crippen LogP contribution in [0.15, 0.2) is 109 Å². The van der Waals surface area contributed by atoms with E-state index in [0.29, 0.717) is 11.5 Å². The normalized spacial score (nSPS) is 10.7. The van der Waals surface area contributed by atoms with Crippen LogP contribution in [0.25, 0.3) is 33.4 Å². The predicted molar refractivity (Wildman–Crippen MR) is 191 cm³/mol.